The molecule has 8 heteroatoms. The summed E-state index contributed by atoms with van der Waals surface area (Å²) >= 11 is 5.87. The molecular weight excluding hydrogens is 340 g/mol. The van der Waals surface area contributed by atoms with Crippen molar-refractivity contribution in [3.05, 3.63) is 52.9 Å². The van der Waals surface area contributed by atoms with Gasteiger partial charge >= 0.3 is 0 Å². The highest BCUT2D eigenvalue weighted by atomic mass is 35.5. The number of hydrogen-bond acceptors (Lipinski definition) is 5. The van der Waals surface area contributed by atoms with Crippen molar-refractivity contribution in [2.45, 2.75) is 18.9 Å². The van der Waals surface area contributed by atoms with Crippen LogP contribution in [0.4, 0.5) is 5.82 Å². The van der Waals surface area contributed by atoms with E-state index in [1.165, 1.54) is 18.5 Å². The highest BCUT2D eigenvalue weighted by molar-refractivity contribution is 6.30. The fourth-order valence-corrected chi connectivity index (χ4v) is 2.56. The van der Waals surface area contributed by atoms with E-state index in [1.54, 1.807) is 24.3 Å². The van der Waals surface area contributed by atoms with Crippen molar-refractivity contribution in [1.29, 1.82) is 10.8 Å². The smallest absolute Gasteiger partial charge is 0.275 e. The molecule has 1 saturated carbocycles. The summed E-state index contributed by atoms with van der Waals surface area (Å²) in [5.41, 5.74) is 0.642. The van der Waals surface area contributed by atoms with Crippen molar-refractivity contribution >= 4 is 35.4 Å². The highest BCUT2D eigenvalue weighted by Crippen LogP contribution is 2.27. The average Bonchev–Trinajstić information content (AvgIpc) is 3.44. The lowest BCUT2D eigenvalue weighted by atomic mass is 10.2. The Hall–Kier alpha value is -2.80. The number of nitrogens with one attached hydrogen (secondary N) is 3. The van der Waals surface area contributed by atoms with Crippen molar-refractivity contribution in [2.24, 2.45) is 0 Å². The van der Waals surface area contributed by atoms with Gasteiger partial charge in [0.2, 0.25) is 0 Å². The Kier molecular flexibility index (Phi) is 5.04. The van der Waals surface area contributed by atoms with E-state index in [4.69, 9.17) is 22.4 Å². The third-order valence-electron chi connectivity index (χ3n) is 3.75. The molecule has 3 N–H and O–H groups in total. The normalized spacial score (nSPS) is 13.2. The zero-order valence-corrected chi connectivity index (χ0v) is 14.1. The van der Waals surface area contributed by atoms with E-state index in [2.05, 4.69) is 15.3 Å². The molecule has 2 aromatic heterocycles. The minimum absolute atomic E-state index is 0.193. The lowest BCUT2D eigenvalue weighted by Gasteiger charge is -2.22. The van der Waals surface area contributed by atoms with Crippen LogP contribution in [0, 0.1) is 10.8 Å². The first kappa shape index (κ1) is 17.0. The summed E-state index contributed by atoms with van der Waals surface area (Å²) in [7, 11) is 0. The molecule has 7 nitrogen and oxygen atoms in total. The Morgan fingerprint density at radius 3 is 2.84 bits per heavy atom. The molecule has 1 aliphatic carbocycles. The fourth-order valence-electron chi connectivity index (χ4n) is 2.40. The van der Waals surface area contributed by atoms with Gasteiger partial charge in [-0.15, -0.1) is 0 Å². The Morgan fingerprint density at radius 1 is 1.36 bits per heavy atom. The Balaban J connectivity index is 1.75. The molecule has 0 spiro atoms. The van der Waals surface area contributed by atoms with Crippen LogP contribution in [0.1, 0.15) is 29.0 Å². The van der Waals surface area contributed by atoms with E-state index >= 15 is 0 Å². The largest absolute Gasteiger partial charge is 0.347 e. The van der Waals surface area contributed by atoms with E-state index < -0.39 is 5.91 Å². The minimum atomic E-state index is -0.419. The number of carbonyl (C=O) groups is 1. The molecule has 25 heavy (non-hydrogen) atoms. The van der Waals surface area contributed by atoms with Gasteiger partial charge in [-0.25, -0.2) is 4.98 Å². The van der Waals surface area contributed by atoms with Gasteiger partial charge in [-0.2, -0.15) is 0 Å². The second-order valence-electron chi connectivity index (χ2n) is 5.66. The summed E-state index contributed by atoms with van der Waals surface area (Å²) in [5.74, 6) is 0.167. The quantitative estimate of drug-likeness (QED) is 0.546. The van der Waals surface area contributed by atoms with Gasteiger partial charge in [0.15, 0.2) is 0 Å². The first-order valence-electron chi connectivity index (χ1n) is 7.83. The van der Waals surface area contributed by atoms with E-state index in [9.17, 15) is 4.79 Å². The van der Waals surface area contributed by atoms with Crippen molar-refractivity contribution < 1.29 is 4.79 Å². The molecule has 1 fully saturated rings. The number of halogens is 1. The summed E-state index contributed by atoms with van der Waals surface area (Å²) in [4.78, 5) is 22.4. The van der Waals surface area contributed by atoms with Crippen molar-refractivity contribution in [3.63, 3.8) is 0 Å². The maximum Gasteiger partial charge on any atom is 0.275 e. The number of carbonyl (C=O) groups excluding carboxylic acids is 1. The first-order valence-corrected chi connectivity index (χ1v) is 8.20. The van der Waals surface area contributed by atoms with Gasteiger partial charge in [-0.05, 0) is 37.1 Å². The average molecular weight is 357 g/mol. The molecular formula is C17H17ClN6O. The molecule has 0 saturated heterocycles. The van der Waals surface area contributed by atoms with Crippen LogP contribution in [0.15, 0.2) is 36.5 Å². The molecule has 1 aliphatic rings. The molecule has 0 unspecified atom stereocenters. The summed E-state index contributed by atoms with van der Waals surface area (Å²) < 4.78 is 0. The van der Waals surface area contributed by atoms with Gasteiger partial charge in [0.25, 0.3) is 5.91 Å². The SMILES string of the molecule is N=CCN(C(=N)c1cccc(NC(=O)c2cc(Cl)ccn2)n1)C1CC1. The molecule has 0 radical (unpaired) electrons. The van der Waals surface area contributed by atoms with Gasteiger partial charge in [0.05, 0.1) is 6.54 Å². The van der Waals surface area contributed by atoms with Gasteiger partial charge in [0, 0.05) is 23.5 Å². The number of nitrogens with zero attached hydrogens (tertiary/aromatic N) is 3. The van der Waals surface area contributed by atoms with Crippen LogP contribution < -0.4 is 5.32 Å². The lowest BCUT2D eigenvalue weighted by molar-refractivity contribution is 0.102. The molecule has 2 heterocycles. The van der Waals surface area contributed by atoms with Gasteiger partial charge in [0.1, 0.15) is 23.0 Å². The van der Waals surface area contributed by atoms with Crippen LogP contribution in [0.3, 0.4) is 0 Å². The summed E-state index contributed by atoms with van der Waals surface area (Å²) in [6.07, 6.45) is 4.78. The van der Waals surface area contributed by atoms with E-state index in [0.717, 1.165) is 12.8 Å². The lowest BCUT2D eigenvalue weighted by Crippen LogP contribution is -2.35. The van der Waals surface area contributed by atoms with Gasteiger partial charge < -0.3 is 15.6 Å². The van der Waals surface area contributed by atoms with Crippen LogP contribution in [0.5, 0.6) is 0 Å². The number of pyridine rings is 2. The van der Waals surface area contributed by atoms with Crippen molar-refractivity contribution in [3.8, 4) is 0 Å². The summed E-state index contributed by atoms with van der Waals surface area (Å²) in [6, 6.07) is 8.46. The standard InChI is InChI=1S/C17H17ClN6O/c18-11-6-8-21-14(10-11)17(25)23-15-3-1-2-13(22-15)16(20)24(9-7-19)12-4-5-12/h1-3,6-8,10,12,19-20H,4-5,9H2,(H,22,23,25). The predicted molar refractivity (Wildman–Crippen MR) is 96.8 cm³/mol. The monoisotopic (exact) mass is 356 g/mol. The van der Waals surface area contributed by atoms with Crippen molar-refractivity contribution in [1.82, 2.24) is 14.9 Å². The Bertz CT molecular complexity index is 820. The molecule has 0 atom stereocenters. The molecule has 0 bridgehead atoms. The Labute approximate surface area is 150 Å². The zero-order valence-electron chi connectivity index (χ0n) is 13.4. The van der Waals surface area contributed by atoms with Crippen LogP contribution in [-0.2, 0) is 0 Å². The maximum atomic E-state index is 12.2. The first-order chi connectivity index (χ1) is 12.1. The minimum Gasteiger partial charge on any atom is -0.347 e. The molecule has 128 valence electrons. The number of amidine groups is 1. The number of amides is 1. The fraction of sp³-hybridized carbons (Fsp3) is 0.235. The number of anilines is 1. The van der Waals surface area contributed by atoms with E-state index in [0.29, 0.717) is 29.1 Å². The number of hydrogen-bond donors (Lipinski definition) is 3. The van der Waals surface area contributed by atoms with Gasteiger partial charge in [-0.3, -0.25) is 15.2 Å². The summed E-state index contributed by atoms with van der Waals surface area (Å²) in [5, 5.41) is 18.7. The summed E-state index contributed by atoms with van der Waals surface area (Å²) in [6.45, 7) is 0.383. The maximum absolute atomic E-state index is 12.2. The third-order valence-corrected chi connectivity index (χ3v) is 3.99. The zero-order chi connectivity index (χ0) is 17.8. The molecule has 0 aromatic carbocycles. The topological polar surface area (TPSA) is 106 Å². The van der Waals surface area contributed by atoms with Crippen LogP contribution >= 0.6 is 11.6 Å². The third kappa shape index (κ3) is 4.19. The van der Waals surface area contributed by atoms with E-state index in [-0.39, 0.29) is 11.5 Å². The van der Waals surface area contributed by atoms with Crippen LogP contribution in [-0.4, -0.2) is 45.4 Å². The number of rotatable bonds is 6. The molecule has 3 rings (SSSR count). The molecule has 0 aliphatic heterocycles. The highest BCUT2D eigenvalue weighted by Gasteiger charge is 2.31. The Morgan fingerprint density at radius 2 is 2.16 bits per heavy atom. The van der Waals surface area contributed by atoms with E-state index in [1.807, 2.05) is 4.90 Å². The number of aromatic nitrogens is 2. The predicted octanol–water partition coefficient (Wildman–Crippen LogP) is 2.82. The second-order valence-corrected chi connectivity index (χ2v) is 6.09. The van der Waals surface area contributed by atoms with Gasteiger partial charge in [-0.1, -0.05) is 17.7 Å². The van der Waals surface area contributed by atoms with Crippen LogP contribution in [0.2, 0.25) is 5.02 Å². The molecule has 1 amide bonds. The molecule has 2 aromatic rings. The van der Waals surface area contributed by atoms with Crippen LogP contribution in [0.25, 0.3) is 0 Å². The second kappa shape index (κ2) is 7.40. The van der Waals surface area contributed by atoms with Crippen molar-refractivity contribution in [2.75, 3.05) is 11.9 Å².